The van der Waals surface area contributed by atoms with E-state index in [1.54, 1.807) is 19.9 Å². The molecule has 1 aromatic heterocycles. The van der Waals surface area contributed by atoms with E-state index in [4.69, 9.17) is 14.5 Å². The number of carbonyl (C=O) groups excluding carboxylic acids is 1. The molecule has 0 aliphatic heterocycles. The van der Waals surface area contributed by atoms with E-state index in [0.29, 0.717) is 31.7 Å². The van der Waals surface area contributed by atoms with Crippen LogP contribution < -0.4 is 10.1 Å². The van der Waals surface area contributed by atoms with Crippen molar-refractivity contribution in [1.29, 1.82) is 0 Å². The number of nitrogens with one attached hydrogen (secondary N) is 1. The fourth-order valence-electron chi connectivity index (χ4n) is 5.30. The number of pyridine rings is 1. The predicted octanol–water partition coefficient (Wildman–Crippen LogP) is 8.19. The van der Waals surface area contributed by atoms with E-state index in [1.165, 1.54) is 24.8 Å². The second-order valence-electron chi connectivity index (χ2n) is 11.8. The van der Waals surface area contributed by atoms with Crippen LogP contribution in [0.25, 0.3) is 12.2 Å². The van der Waals surface area contributed by atoms with Crippen LogP contribution >= 0.6 is 0 Å². The molecule has 1 heterocycles. The van der Waals surface area contributed by atoms with E-state index >= 15 is 0 Å². The minimum Gasteiger partial charge on any atom is -0.493 e. The first-order valence-electron chi connectivity index (χ1n) is 16.0. The Bertz CT molecular complexity index is 1380. The van der Waals surface area contributed by atoms with E-state index in [1.807, 2.05) is 48.6 Å². The zero-order valence-electron chi connectivity index (χ0n) is 26.1. The number of amides is 1. The molecule has 7 heteroatoms. The van der Waals surface area contributed by atoms with Gasteiger partial charge >= 0.3 is 5.97 Å². The van der Waals surface area contributed by atoms with Crippen LogP contribution in [0.4, 0.5) is 5.69 Å². The molecule has 4 rings (SSSR count). The summed E-state index contributed by atoms with van der Waals surface area (Å²) in [4.78, 5) is 29.1. The van der Waals surface area contributed by atoms with Crippen LogP contribution in [0.3, 0.4) is 0 Å². The van der Waals surface area contributed by atoms with Gasteiger partial charge in [0.25, 0.3) is 0 Å². The number of unbranched alkanes of at least 4 members (excludes halogenated alkanes) is 1. The Morgan fingerprint density at radius 2 is 1.77 bits per heavy atom. The first-order chi connectivity index (χ1) is 21.4. The number of rotatable bonds is 18. The highest BCUT2D eigenvalue weighted by Gasteiger charge is 2.37. The van der Waals surface area contributed by atoms with Crippen molar-refractivity contribution in [3.05, 3.63) is 89.2 Å². The van der Waals surface area contributed by atoms with Crippen LogP contribution in [0.1, 0.15) is 87.7 Å². The molecule has 3 aromatic rings. The number of carboxylic acid groups (broad SMARTS) is 1. The van der Waals surface area contributed by atoms with Gasteiger partial charge in [-0.1, -0.05) is 56.7 Å². The Hall–Kier alpha value is -3.97. The summed E-state index contributed by atoms with van der Waals surface area (Å²) in [5, 5.41) is 12.5. The van der Waals surface area contributed by atoms with Crippen molar-refractivity contribution in [3.8, 4) is 5.75 Å². The van der Waals surface area contributed by atoms with Crippen LogP contribution in [0.5, 0.6) is 5.75 Å². The van der Waals surface area contributed by atoms with Crippen LogP contribution in [-0.4, -0.2) is 35.2 Å². The van der Waals surface area contributed by atoms with Crippen LogP contribution in [0.2, 0.25) is 0 Å². The molecule has 234 valence electrons. The molecule has 44 heavy (non-hydrogen) atoms. The van der Waals surface area contributed by atoms with Crippen LogP contribution in [-0.2, 0) is 27.4 Å². The molecule has 1 fully saturated rings. The third-order valence-corrected chi connectivity index (χ3v) is 8.64. The summed E-state index contributed by atoms with van der Waals surface area (Å²) in [7, 11) is 0. The second-order valence-corrected chi connectivity index (χ2v) is 11.8. The highest BCUT2D eigenvalue weighted by molar-refractivity contribution is 5.94. The predicted molar refractivity (Wildman–Crippen MR) is 175 cm³/mol. The minimum atomic E-state index is -1.04. The van der Waals surface area contributed by atoms with E-state index in [-0.39, 0.29) is 12.3 Å². The molecule has 0 unspecified atom stereocenters. The Balaban J connectivity index is 1.17. The molecular formula is C37H46N2O5. The third kappa shape index (κ3) is 10.1. The molecule has 7 nitrogen and oxygen atoms in total. The lowest BCUT2D eigenvalue weighted by atomic mass is 9.79. The van der Waals surface area contributed by atoms with Crippen molar-refractivity contribution < 1.29 is 24.2 Å². The van der Waals surface area contributed by atoms with Gasteiger partial charge in [0.05, 0.1) is 30.0 Å². The van der Waals surface area contributed by atoms with Gasteiger partial charge in [0.15, 0.2) is 0 Å². The lowest BCUT2D eigenvalue weighted by molar-refractivity contribution is -0.151. The Labute approximate surface area is 261 Å². The van der Waals surface area contributed by atoms with E-state index in [0.717, 1.165) is 54.5 Å². The lowest BCUT2D eigenvalue weighted by Gasteiger charge is -2.25. The summed E-state index contributed by atoms with van der Waals surface area (Å²) in [6.07, 6.45) is 11.6. The zero-order valence-corrected chi connectivity index (χ0v) is 26.1. The molecule has 2 aromatic carbocycles. The summed E-state index contributed by atoms with van der Waals surface area (Å²) < 4.78 is 11.8. The molecule has 1 aliphatic rings. The average molecular weight is 599 g/mol. The van der Waals surface area contributed by atoms with Crippen molar-refractivity contribution in [2.75, 3.05) is 18.5 Å². The summed E-state index contributed by atoms with van der Waals surface area (Å²) in [6.45, 7) is 5.61. The van der Waals surface area contributed by atoms with Gasteiger partial charge in [-0.2, -0.15) is 0 Å². The number of nitrogens with zero attached hydrogens (tertiary/aromatic N) is 1. The number of benzene rings is 2. The number of aryl methyl sites for hydroxylation is 1. The number of aliphatic carboxylic acids is 1. The molecule has 0 spiro atoms. The van der Waals surface area contributed by atoms with Gasteiger partial charge in [0, 0.05) is 18.7 Å². The molecule has 2 N–H and O–H groups in total. The Kier molecular flexibility index (Phi) is 12.5. The van der Waals surface area contributed by atoms with Crippen molar-refractivity contribution in [3.63, 3.8) is 0 Å². The number of carbonyl (C=O) groups is 2. The van der Waals surface area contributed by atoms with Crippen molar-refractivity contribution in [2.24, 2.45) is 11.3 Å². The van der Waals surface area contributed by atoms with Gasteiger partial charge in [0.2, 0.25) is 5.91 Å². The SMILES string of the molecule is CCC(CC)(CC(=O)Nc1cccc(C=Cc2cccc(COCCCCc3ccc(OCC4CCC4)cc3)n2)c1)C(=O)O. The van der Waals surface area contributed by atoms with Gasteiger partial charge in [-0.05, 0) is 104 Å². The Morgan fingerprint density at radius 3 is 2.48 bits per heavy atom. The normalized spacial score (nSPS) is 13.5. The van der Waals surface area contributed by atoms with Gasteiger partial charge in [-0.3, -0.25) is 14.6 Å². The standard InChI is InChI=1S/C37H46N2O5/c1-3-37(4-2,36(41)42)25-35(40)39-32-15-8-11-29(24-32)17-20-31-14-9-16-33(38-31)27-43-23-6-5-10-28-18-21-34(22-19-28)44-26-30-12-7-13-30/h8-9,11,14-22,24,30H,3-7,10,12-13,23,25-27H2,1-2H3,(H,39,40)(H,41,42). The number of hydrogen-bond donors (Lipinski definition) is 2. The molecule has 1 aliphatic carbocycles. The van der Waals surface area contributed by atoms with Crippen molar-refractivity contribution >= 4 is 29.7 Å². The van der Waals surface area contributed by atoms with Crippen LogP contribution in [0, 0.1) is 11.3 Å². The fourth-order valence-corrected chi connectivity index (χ4v) is 5.30. The van der Waals surface area contributed by atoms with Gasteiger partial charge in [0.1, 0.15) is 5.75 Å². The lowest BCUT2D eigenvalue weighted by Crippen LogP contribution is -2.34. The van der Waals surface area contributed by atoms with E-state index < -0.39 is 11.4 Å². The second kappa shape index (κ2) is 16.8. The number of ether oxygens (including phenoxy) is 2. The van der Waals surface area contributed by atoms with Gasteiger partial charge in [-0.15, -0.1) is 0 Å². The summed E-state index contributed by atoms with van der Waals surface area (Å²) in [5.74, 6) is 0.480. The Morgan fingerprint density at radius 1 is 1.00 bits per heavy atom. The molecule has 0 radical (unpaired) electrons. The zero-order chi connectivity index (χ0) is 31.2. The van der Waals surface area contributed by atoms with E-state index in [2.05, 4.69) is 29.6 Å². The maximum Gasteiger partial charge on any atom is 0.310 e. The minimum absolute atomic E-state index is 0.0574. The quantitative estimate of drug-likeness (QED) is 0.143. The van der Waals surface area contributed by atoms with Crippen molar-refractivity contribution in [1.82, 2.24) is 4.98 Å². The maximum atomic E-state index is 12.6. The van der Waals surface area contributed by atoms with Crippen molar-refractivity contribution in [2.45, 2.75) is 78.2 Å². The van der Waals surface area contributed by atoms with Gasteiger partial charge < -0.3 is 19.9 Å². The molecular weight excluding hydrogens is 552 g/mol. The first-order valence-corrected chi connectivity index (χ1v) is 16.0. The molecule has 1 amide bonds. The number of hydrogen-bond acceptors (Lipinski definition) is 5. The summed E-state index contributed by atoms with van der Waals surface area (Å²) in [5.41, 5.74) is 3.50. The average Bonchev–Trinajstić information content (AvgIpc) is 3.01. The topological polar surface area (TPSA) is 97.8 Å². The first kappa shape index (κ1) is 32.9. The smallest absolute Gasteiger partial charge is 0.310 e. The number of aromatic nitrogens is 1. The fraction of sp³-hybridized carbons (Fsp3) is 0.432. The van der Waals surface area contributed by atoms with Gasteiger partial charge in [-0.25, -0.2) is 0 Å². The highest BCUT2D eigenvalue weighted by Crippen LogP contribution is 2.31. The molecule has 0 saturated heterocycles. The summed E-state index contributed by atoms with van der Waals surface area (Å²) >= 11 is 0. The van der Waals surface area contributed by atoms with Crippen LogP contribution in [0.15, 0.2) is 66.7 Å². The monoisotopic (exact) mass is 598 g/mol. The maximum absolute atomic E-state index is 12.6. The largest absolute Gasteiger partial charge is 0.493 e. The van der Waals surface area contributed by atoms with E-state index in [9.17, 15) is 14.7 Å². The highest BCUT2D eigenvalue weighted by atomic mass is 16.5. The molecule has 0 bridgehead atoms. The molecule has 1 saturated carbocycles. The number of anilines is 1. The summed E-state index contributed by atoms with van der Waals surface area (Å²) in [6, 6.07) is 21.8. The molecule has 0 atom stereocenters. The number of carboxylic acids is 1. The third-order valence-electron chi connectivity index (χ3n) is 8.64.